The number of hydrogen-bond acceptors (Lipinski definition) is 23. The summed E-state index contributed by atoms with van der Waals surface area (Å²) in [6.07, 6.45) is 23.6. The molecule has 0 unspecified atom stereocenters. The fraction of sp³-hybridized carbons (Fsp3) is 0.889. The van der Waals surface area contributed by atoms with E-state index in [9.17, 15) is 71.1 Å². The zero-order valence-electron chi connectivity index (χ0n) is 93.5. The maximum atomic E-state index is 12.6. The zero-order valence-corrected chi connectivity index (χ0v) is 95.9. The van der Waals surface area contributed by atoms with E-state index in [2.05, 4.69) is 39.9 Å². The van der Waals surface area contributed by atoms with Crippen LogP contribution in [0.2, 0.25) is 0 Å². The Balaban J connectivity index is 0.000000206. The van der Waals surface area contributed by atoms with Crippen molar-refractivity contribution in [1.82, 2.24) is 44.2 Å². The Labute approximate surface area is 866 Å². The fourth-order valence-electron chi connectivity index (χ4n) is 23.1. The number of ketones is 3. The second kappa shape index (κ2) is 48.2. The lowest BCUT2D eigenvalue weighted by Gasteiger charge is -2.43. The third kappa shape index (κ3) is 35.4. The minimum absolute atomic E-state index is 0.0127. The number of likely N-dealkylation sites (tertiary alicyclic amines) is 6. The molecule has 13 fully saturated rings. The van der Waals surface area contributed by atoms with Gasteiger partial charge in [-0.2, -0.15) is 4.40 Å². The zero-order chi connectivity index (χ0) is 108. The number of carbonyl (C=O) groups is 9. The van der Waals surface area contributed by atoms with Crippen LogP contribution in [0.3, 0.4) is 0 Å². The molecule has 6 amide bonds. The van der Waals surface area contributed by atoms with Gasteiger partial charge in [0.25, 0.3) is 0 Å². The molecule has 143 heavy (non-hydrogen) atoms. The first kappa shape index (κ1) is 122. The number of nitrogens with zero attached hydrogens (tertiary/aromatic N) is 7. The maximum Gasteiger partial charge on any atom is 0.410 e. The summed E-state index contributed by atoms with van der Waals surface area (Å²) >= 11 is 0. The van der Waals surface area contributed by atoms with Gasteiger partial charge in [0.2, 0.25) is 0 Å². The van der Waals surface area contributed by atoms with Gasteiger partial charge in [0.1, 0.15) is 56.2 Å². The summed E-state index contributed by atoms with van der Waals surface area (Å²) in [6, 6.07) is 0.515. The van der Waals surface area contributed by atoms with E-state index in [4.69, 9.17) is 34.2 Å². The van der Waals surface area contributed by atoms with Crippen LogP contribution in [0, 0.1) is 55.7 Å². The average molecular weight is 2080 g/mol. The molecule has 0 aromatic carbocycles. The Kier molecular flexibility index (Phi) is 41.3. The van der Waals surface area contributed by atoms with Crippen molar-refractivity contribution in [3.63, 3.8) is 0 Å². The summed E-state index contributed by atoms with van der Waals surface area (Å²) in [4.78, 5) is 119. The van der Waals surface area contributed by atoms with Crippen molar-refractivity contribution in [2.24, 2.45) is 65.8 Å². The normalized spacial score (nSPS) is 27.9. The molecular formula is C108H191N11O21S3. The minimum atomic E-state index is -1.22. The van der Waals surface area contributed by atoms with Crippen LogP contribution in [0.5, 0.6) is 0 Å². The Hall–Kier alpha value is -5.79. The molecule has 0 radical (unpaired) electrons. The SMILES string of the molecule is CC(C)(C)OC(=O)N1CCC2(CC1)C[C@@H](O)CC2=O.CC(C)(C)OC(=O)N1CCC2(CC1)C[C@@H](O)C[C@H]2N[S@](=O)C(C)(C)C.CC(C)(C)OC(=O)N1CCC2(CC=CC2=O)CC1.C[C@H]1CC(=N[S@](=O)C(C)(C)C)C2(CCN(C(=O)OC(C)(C)C)CC2)C1.C[C@H]1CC(=O)C2(CCN(C(=O)OC(C)(C)C)CC2)C1.C[C@H]1C[C@@H](N[S@](=O)C(C)(C)C)C2(CCN(C(=O)OC(C)(C)C)CC2)C1.N[C@H]1C[C@@H](O)CC12CCNCC2. The number of nitrogens with one attached hydrogen (secondary N) is 3. The highest BCUT2D eigenvalue weighted by molar-refractivity contribution is 7.85. The van der Waals surface area contributed by atoms with Crippen LogP contribution in [0.15, 0.2) is 16.5 Å². The number of Topliss-reactive ketones (excluding diaryl/α,β-unsaturated/α-hetero) is 2. The Morgan fingerprint density at radius 2 is 0.664 bits per heavy atom. The number of piperidine rings is 7. The molecule has 32 nitrogen and oxygen atoms in total. The van der Waals surface area contributed by atoms with Crippen LogP contribution in [0.4, 0.5) is 28.8 Å². The van der Waals surface area contributed by atoms with Crippen LogP contribution in [-0.2, 0) is 75.8 Å². The Morgan fingerprint density at radius 1 is 0.364 bits per heavy atom. The van der Waals surface area contributed by atoms with Crippen molar-refractivity contribution in [2.45, 2.75) is 465 Å². The second-order valence-electron chi connectivity index (χ2n) is 53.5. The highest BCUT2D eigenvalue weighted by Crippen LogP contribution is 2.54. The van der Waals surface area contributed by atoms with Gasteiger partial charge in [0.15, 0.2) is 5.78 Å². The number of aliphatic hydroxyl groups excluding tert-OH is 3. The van der Waals surface area contributed by atoms with E-state index in [0.29, 0.717) is 128 Å². The molecular weight excluding hydrogens is 1880 g/mol. The van der Waals surface area contributed by atoms with E-state index >= 15 is 0 Å². The summed E-state index contributed by atoms with van der Waals surface area (Å²) in [5.41, 5.74) is 3.90. The van der Waals surface area contributed by atoms with Crippen molar-refractivity contribution in [2.75, 3.05) is 91.6 Å². The van der Waals surface area contributed by atoms with E-state index < -0.39 is 78.1 Å². The topological polar surface area (TPSA) is 415 Å². The van der Waals surface area contributed by atoms with Crippen LogP contribution in [0.1, 0.15) is 381 Å². The van der Waals surface area contributed by atoms with Gasteiger partial charge in [-0.15, -0.1) is 0 Å². The first-order chi connectivity index (χ1) is 65.5. The highest BCUT2D eigenvalue weighted by atomic mass is 32.2. The van der Waals surface area contributed by atoms with E-state index in [1.54, 1.807) is 30.6 Å². The third-order valence-electron chi connectivity index (χ3n) is 30.9. The molecule has 8 N–H and O–H groups in total. The van der Waals surface area contributed by atoms with Crippen molar-refractivity contribution in [1.29, 1.82) is 0 Å². The molecule has 7 saturated heterocycles. The Morgan fingerprint density at radius 3 is 0.965 bits per heavy atom. The molecule has 0 aromatic heterocycles. The molecule has 7 aliphatic carbocycles. The monoisotopic (exact) mass is 2070 g/mol. The van der Waals surface area contributed by atoms with Gasteiger partial charge in [-0.25, -0.2) is 50.8 Å². The number of allylic oxidation sites excluding steroid dienone is 2. The maximum absolute atomic E-state index is 12.6. The summed E-state index contributed by atoms with van der Waals surface area (Å²) in [5, 5.41) is 32.7. The molecule has 7 heterocycles. The van der Waals surface area contributed by atoms with Crippen molar-refractivity contribution < 1.29 is 99.5 Å². The van der Waals surface area contributed by atoms with Gasteiger partial charge in [0, 0.05) is 137 Å². The average Bonchev–Trinajstić information content (AvgIpc) is 1.65. The number of ether oxygens (including phenoxy) is 6. The summed E-state index contributed by atoms with van der Waals surface area (Å²) < 4.78 is 80.6. The van der Waals surface area contributed by atoms with Crippen molar-refractivity contribution in [3.05, 3.63) is 12.2 Å². The second-order valence-corrected chi connectivity index (χ2v) is 59.4. The van der Waals surface area contributed by atoms with Gasteiger partial charge >= 0.3 is 36.6 Å². The number of aliphatic hydroxyl groups is 3. The molecule has 7 aliphatic heterocycles. The van der Waals surface area contributed by atoms with Crippen LogP contribution < -0.4 is 20.5 Å². The molecule has 12 atom stereocenters. The van der Waals surface area contributed by atoms with Gasteiger partial charge in [-0.3, -0.25) is 14.4 Å². The summed E-state index contributed by atoms with van der Waals surface area (Å²) in [5.74, 6) is 2.48. The number of nitrogens with two attached hydrogens (primary N) is 1. The lowest BCUT2D eigenvalue weighted by atomic mass is 9.74. The molecule has 6 saturated carbocycles. The molecule has 14 rings (SSSR count). The quantitative estimate of drug-likeness (QED) is 0.126. The standard InChI is InChI=1S/C19H36N2O3S.C19H34N2O3S.C18H34N2O4S.C15H25NO3.C14H23NO4.C14H21NO3.C9H18N2O/c2*1-14-12-15(20-25(23)18(5,6)7)19(13-14)8-10-21(11-9-19)16(22)24-17(2,3)4;1-16(2,3)24-15(22)20-9-7-18(8-10-20)12-13(21)11-14(18)19-25(23)17(4,5)6;1-11-9-12(17)15(10-11)5-7-16(8-6-15)13(18)19-14(2,3)4;1-13(2,3)19-12(18)15-6-4-14(5-7-15)9-10(16)8-11(14)17;1-13(2,3)18-12(17)15-9-7-14(8-10-15)6-4-5-11(14)16;10-8-5-7(12)6-9(8)1-3-11-4-2-9/h14-15,20H,8-13H2,1-7H3;14H,8-13H2,1-7H3;13-14,19,21H,7-12H2,1-6H3;11H,5-10H2,1-4H3;10,16H,4-9H2,1-3H3;4-5H,6-10H2,1-3H3;7-8,11-12H,1-6,10H2/t14-,15+,25+;14-,25+;13-,14+,25+;11-;10-;;7-,8+/m00000.1/s1. The first-order valence-electron chi connectivity index (χ1n) is 53.5. The van der Waals surface area contributed by atoms with Crippen LogP contribution in [-0.4, -0.2) is 293 Å². The van der Waals surface area contributed by atoms with Gasteiger partial charge < -0.3 is 84.2 Å². The smallest absolute Gasteiger partial charge is 0.410 e. The third-order valence-corrected chi connectivity index (χ3v) is 35.6. The van der Waals surface area contributed by atoms with E-state index in [1.165, 1.54) is 0 Å². The molecule has 14 aliphatic rings. The van der Waals surface area contributed by atoms with E-state index in [1.807, 2.05) is 198 Å². The number of amides is 6. The van der Waals surface area contributed by atoms with Gasteiger partial charge in [-0.1, -0.05) is 26.8 Å². The number of rotatable bonds is 5. The van der Waals surface area contributed by atoms with Crippen molar-refractivity contribution >= 4 is 92.6 Å². The number of carbonyl (C=O) groups excluding carboxylic acids is 9. The van der Waals surface area contributed by atoms with E-state index in [-0.39, 0.29) is 132 Å². The largest absolute Gasteiger partial charge is 0.444 e. The summed E-state index contributed by atoms with van der Waals surface area (Å²) in [6.45, 7) is 67.9. The molecule has 822 valence electrons. The molecule has 0 bridgehead atoms. The van der Waals surface area contributed by atoms with Crippen LogP contribution in [0.25, 0.3) is 0 Å². The lowest BCUT2D eigenvalue weighted by molar-refractivity contribution is -0.128. The van der Waals surface area contributed by atoms with Crippen LogP contribution >= 0.6 is 0 Å². The van der Waals surface area contributed by atoms with E-state index in [0.717, 1.165) is 160 Å². The first-order valence-corrected chi connectivity index (χ1v) is 56.9. The van der Waals surface area contributed by atoms with Gasteiger partial charge in [-0.05, 0) is 401 Å². The predicted octanol–water partition coefficient (Wildman–Crippen LogP) is 17.9. The lowest BCUT2D eigenvalue weighted by Crippen LogP contribution is -2.52. The fourth-order valence-corrected chi connectivity index (χ4v) is 25.8. The molecule has 7 spiro atoms. The highest BCUT2D eigenvalue weighted by Gasteiger charge is 2.56. The molecule has 0 aromatic rings. The minimum Gasteiger partial charge on any atom is -0.444 e. The Bertz CT molecular complexity index is 4260. The molecule has 35 heteroatoms. The summed E-state index contributed by atoms with van der Waals surface area (Å²) in [7, 11) is -3.44. The number of hydrogen-bond donors (Lipinski definition) is 7. The van der Waals surface area contributed by atoms with Crippen molar-refractivity contribution in [3.8, 4) is 0 Å². The predicted molar refractivity (Wildman–Crippen MR) is 564 cm³/mol. The van der Waals surface area contributed by atoms with Gasteiger partial charge in [0.05, 0.1) is 54.5 Å².